The number of nitrogens with zero attached hydrogens (tertiary/aromatic N) is 2. The van der Waals surface area contributed by atoms with Crippen molar-refractivity contribution in [2.75, 3.05) is 25.0 Å². The van der Waals surface area contributed by atoms with E-state index in [0.717, 1.165) is 26.2 Å². The van der Waals surface area contributed by atoms with E-state index in [0.29, 0.717) is 0 Å². The lowest BCUT2D eigenvalue weighted by molar-refractivity contribution is 0.291. The number of hydrogen-bond acceptors (Lipinski definition) is 3. The van der Waals surface area contributed by atoms with Crippen LogP contribution in [0.5, 0.6) is 0 Å². The van der Waals surface area contributed by atoms with Crippen LogP contribution < -0.4 is 5.32 Å². The highest BCUT2D eigenvalue weighted by Crippen LogP contribution is 2.09. The van der Waals surface area contributed by atoms with Crippen molar-refractivity contribution in [3.8, 4) is 0 Å². The number of aryl methyl sites for hydroxylation is 1. The van der Waals surface area contributed by atoms with Crippen molar-refractivity contribution in [3.05, 3.63) is 59.9 Å². The third kappa shape index (κ3) is 4.67. The molecule has 0 spiro atoms. The van der Waals surface area contributed by atoms with E-state index >= 15 is 0 Å². The second-order valence-corrected chi connectivity index (χ2v) is 5.02. The Balaban J connectivity index is 1.79. The molecule has 1 aromatic carbocycles. The molecule has 0 amide bonds. The Kier molecular flexibility index (Phi) is 5.56. The Morgan fingerprint density at radius 3 is 2.65 bits per heavy atom. The number of benzene rings is 1. The molecular weight excluding hydrogens is 246 g/mol. The number of aromatic nitrogens is 1. The first-order valence-corrected chi connectivity index (χ1v) is 7.19. The zero-order valence-electron chi connectivity index (χ0n) is 12.3. The van der Waals surface area contributed by atoms with Crippen molar-refractivity contribution < 1.29 is 0 Å². The van der Waals surface area contributed by atoms with Gasteiger partial charge in [-0.3, -0.25) is 9.88 Å². The first kappa shape index (κ1) is 14.5. The van der Waals surface area contributed by atoms with E-state index in [1.165, 1.54) is 16.8 Å². The van der Waals surface area contributed by atoms with Crippen LogP contribution in [0, 0.1) is 6.92 Å². The van der Waals surface area contributed by atoms with Crippen LogP contribution in [0.2, 0.25) is 0 Å². The van der Waals surface area contributed by atoms with Gasteiger partial charge in [0.1, 0.15) is 0 Å². The number of hydrogen-bond donors (Lipinski definition) is 1. The molecule has 0 bridgehead atoms. The molecule has 2 aromatic rings. The maximum atomic E-state index is 4.06. The van der Waals surface area contributed by atoms with Crippen LogP contribution in [0.4, 0.5) is 5.69 Å². The SMILES string of the molecule is CCN(CCNc1cccc(C)c1)Cc1ccncc1. The summed E-state index contributed by atoms with van der Waals surface area (Å²) in [7, 11) is 0. The average Bonchev–Trinajstić information content (AvgIpc) is 2.47. The lowest BCUT2D eigenvalue weighted by atomic mass is 10.2. The average molecular weight is 269 g/mol. The van der Waals surface area contributed by atoms with E-state index in [9.17, 15) is 0 Å². The van der Waals surface area contributed by atoms with Gasteiger partial charge in [0.05, 0.1) is 0 Å². The second-order valence-electron chi connectivity index (χ2n) is 5.02. The zero-order chi connectivity index (χ0) is 14.2. The Hall–Kier alpha value is -1.87. The molecule has 3 nitrogen and oxygen atoms in total. The number of nitrogens with one attached hydrogen (secondary N) is 1. The summed E-state index contributed by atoms with van der Waals surface area (Å²) in [6.45, 7) is 8.35. The highest BCUT2D eigenvalue weighted by molar-refractivity contribution is 5.45. The largest absolute Gasteiger partial charge is 0.384 e. The Morgan fingerprint density at radius 2 is 1.95 bits per heavy atom. The molecule has 106 valence electrons. The first-order chi connectivity index (χ1) is 9.78. The van der Waals surface area contributed by atoms with Gasteiger partial charge in [-0.25, -0.2) is 0 Å². The molecule has 0 atom stereocenters. The minimum atomic E-state index is 0.961. The van der Waals surface area contributed by atoms with E-state index in [1.807, 2.05) is 12.4 Å². The highest BCUT2D eigenvalue weighted by Gasteiger charge is 2.03. The molecule has 0 unspecified atom stereocenters. The second kappa shape index (κ2) is 7.65. The van der Waals surface area contributed by atoms with E-state index in [1.54, 1.807) is 0 Å². The maximum Gasteiger partial charge on any atom is 0.0343 e. The standard InChI is InChI=1S/C17H23N3/c1-3-20(14-16-7-9-18-10-8-16)12-11-19-17-6-4-5-15(2)13-17/h4-10,13,19H,3,11-12,14H2,1-2H3. The number of likely N-dealkylation sites (N-methyl/N-ethyl adjacent to an activating group) is 1. The Labute approximate surface area is 121 Å². The van der Waals surface area contributed by atoms with Crippen LogP contribution in [-0.2, 0) is 6.54 Å². The topological polar surface area (TPSA) is 28.2 Å². The van der Waals surface area contributed by atoms with Gasteiger partial charge < -0.3 is 5.32 Å². The molecule has 0 saturated heterocycles. The van der Waals surface area contributed by atoms with E-state index in [4.69, 9.17) is 0 Å². The zero-order valence-corrected chi connectivity index (χ0v) is 12.3. The molecular formula is C17H23N3. The molecule has 3 heteroatoms. The van der Waals surface area contributed by atoms with Crippen molar-refractivity contribution in [1.29, 1.82) is 0 Å². The Bertz CT molecular complexity index is 511. The quantitative estimate of drug-likeness (QED) is 0.835. The minimum absolute atomic E-state index is 0.961. The Morgan fingerprint density at radius 1 is 1.15 bits per heavy atom. The van der Waals surface area contributed by atoms with Crippen LogP contribution in [0.15, 0.2) is 48.8 Å². The lowest BCUT2D eigenvalue weighted by Crippen LogP contribution is -2.28. The molecule has 0 saturated carbocycles. The van der Waals surface area contributed by atoms with Crippen molar-refractivity contribution in [1.82, 2.24) is 9.88 Å². The fraction of sp³-hybridized carbons (Fsp3) is 0.353. The van der Waals surface area contributed by atoms with E-state index < -0.39 is 0 Å². The lowest BCUT2D eigenvalue weighted by Gasteiger charge is -2.21. The highest BCUT2D eigenvalue weighted by atomic mass is 15.1. The summed E-state index contributed by atoms with van der Waals surface area (Å²) in [6.07, 6.45) is 3.71. The smallest absolute Gasteiger partial charge is 0.0343 e. The predicted molar refractivity (Wildman–Crippen MR) is 84.9 cm³/mol. The molecule has 0 fully saturated rings. The van der Waals surface area contributed by atoms with Gasteiger partial charge in [0.15, 0.2) is 0 Å². The van der Waals surface area contributed by atoms with Gasteiger partial charge in [0, 0.05) is 37.7 Å². The van der Waals surface area contributed by atoms with Gasteiger partial charge in [-0.05, 0) is 48.9 Å². The van der Waals surface area contributed by atoms with Crippen LogP contribution in [-0.4, -0.2) is 29.5 Å². The normalized spacial score (nSPS) is 10.8. The van der Waals surface area contributed by atoms with Crippen LogP contribution in [0.1, 0.15) is 18.1 Å². The summed E-state index contributed by atoms with van der Waals surface area (Å²) in [5.74, 6) is 0. The summed E-state index contributed by atoms with van der Waals surface area (Å²) < 4.78 is 0. The summed E-state index contributed by atoms with van der Waals surface area (Å²) in [5.41, 5.74) is 3.81. The summed E-state index contributed by atoms with van der Waals surface area (Å²) in [4.78, 5) is 6.49. The fourth-order valence-corrected chi connectivity index (χ4v) is 2.21. The van der Waals surface area contributed by atoms with Gasteiger partial charge in [-0.15, -0.1) is 0 Å². The maximum absolute atomic E-state index is 4.06. The van der Waals surface area contributed by atoms with E-state index in [-0.39, 0.29) is 0 Å². The van der Waals surface area contributed by atoms with Gasteiger partial charge in [-0.2, -0.15) is 0 Å². The molecule has 0 aliphatic carbocycles. The molecule has 1 aromatic heterocycles. The molecule has 0 aliphatic rings. The molecule has 1 N–H and O–H groups in total. The first-order valence-electron chi connectivity index (χ1n) is 7.19. The van der Waals surface area contributed by atoms with Crippen molar-refractivity contribution in [2.45, 2.75) is 20.4 Å². The molecule has 0 aliphatic heterocycles. The monoisotopic (exact) mass is 269 g/mol. The van der Waals surface area contributed by atoms with Crippen molar-refractivity contribution in [3.63, 3.8) is 0 Å². The van der Waals surface area contributed by atoms with Gasteiger partial charge in [-0.1, -0.05) is 19.1 Å². The van der Waals surface area contributed by atoms with Crippen molar-refractivity contribution in [2.24, 2.45) is 0 Å². The minimum Gasteiger partial charge on any atom is -0.384 e. The number of pyridine rings is 1. The molecule has 2 rings (SSSR count). The van der Waals surface area contributed by atoms with Crippen molar-refractivity contribution >= 4 is 5.69 Å². The van der Waals surface area contributed by atoms with Gasteiger partial charge in [0.2, 0.25) is 0 Å². The third-order valence-electron chi connectivity index (χ3n) is 3.38. The van der Waals surface area contributed by atoms with Crippen LogP contribution >= 0.6 is 0 Å². The fourth-order valence-electron chi connectivity index (χ4n) is 2.21. The summed E-state index contributed by atoms with van der Waals surface area (Å²) in [5, 5.41) is 3.48. The van der Waals surface area contributed by atoms with Crippen LogP contribution in [0.25, 0.3) is 0 Å². The number of rotatable bonds is 7. The molecule has 20 heavy (non-hydrogen) atoms. The van der Waals surface area contributed by atoms with Gasteiger partial charge in [0.25, 0.3) is 0 Å². The van der Waals surface area contributed by atoms with E-state index in [2.05, 4.69) is 65.4 Å². The number of anilines is 1. The van der Waals surface area contributed by atoms with Gasteiger partial charge >= 0.3 is 0 Å². The predicted octanol–water partition coefficient (Wildman–Crippen LogP) is 3.32. The molecule has 1 heterocycles. The third-order valence-corrected chi connectivity index (χ3v) is 3.38. The summed E-state index contributed by atoms with van der Waals surface area (Å²) in [6, 6.07) is 12.7. The molecule has 0 radical (unpaired) electrons. The summed E-state index contributed by atoms with van der Waals surface area (Å²) >= 11 is 0. The van der Waals surface area contributed by atoms with Crippen LogP contribution in [0.3, 0.4) is 0 Å².